The van der Waals surface area contributed by atoms with Gasteiger partial charge in [0.2, 0.25) is 0 Å². The maximum atomic E-state index is 10.6. The Kier molecular flexibility index (Phi) is 1.56. The van der Waals surface area contributed by atoms with Crippen LogP contribution in [-0.4, -0.2) is 5.97 Å². The number of rotatable bonds is 0. The van der Waals surface area contributed by atoms with Gasteiger partial charge in [-0.05, 0) is 25.8 Å². The van der Waals surface area contributed by atoms with Crippen LogP contribution in [0.25, 0.3) is 0 Å². The molecule has 0 saturated heterocycles. The van der Waals surface area contributed by atoms with Crippen LogP contribution in [0.1, 0.15) is 26.7 Å². The highest BCUT2D eigenvalue weighted by atomic mass is 16.5. The smallest absolute Gasteiger partial charge is 0.311 e. The molecule has 0 aliphatic carbocycles. The number of allylic oxidation sites excluding steroid dienone is 2. The summed E-state index contributed by atoms with van der Waals surface area (Å²) in [6.45, 7) is 3.81. The standard InChI is InChI=1S/C7H10O2/c1-5-3-4-7(8)9-6(5)2/h3-4H2,1-2H3. The van der Waals surface area contributed by atoms with Gasteiger partial charge in [0.15, 0.2) is 0 Å². The molecule has 0 fully saturated rings. The summed E-state index contributed by atoms with van der Waals surface area (Å²) in [6.07, 6.45) is 1.41. The van der Waals surface area contributed by atoms with Gasteiger partial charge >= 0.3 is 5.97 Å². The first-order valence-electron chi connectivity index (χ1n) is 3.07. The van der Waals surface area contributed by atoms with E-state index in [1.54, 1.807) is 0 Å². The van der Waals surface area contributed by atoms with Crippen LogP contribution in [-0.2, 0) is 9.53 Å². The molecule has 1 rings (SSSR count). The van der Waals surface area contributed by atoms with Crippen molar-refractivity contribution in [3.05, 3.63) is 11.3 Å². The van der Waals surface area contributed by atoms with Gasteiger partial charge in [0.25, 0.3) is 0 Å². The highest BCUT2D eigenvalue weighted by Crippen LogP contribution is 2.17. The second-order valence-electron chi connectivity index (χ2n) is 2.31. The van der Waals surface area contributed by atoms with Gasteiger partial charge in [0, 0.05) is 6.42 Å². The third-order valence-corrected chi connectivity index (χ3v) is 1.57. The van der Waals surface area contributed by atoms with Crippen LogP contribution < -0.4 is 0 Å². The molecule has 0 N–H and O–H groups in total. The Morgan fingerprint density at radius 3 is 2.44 bits per heavy atom. The minimum atomic E-state index is -0.0990. The second-order valence-corrected chi connectivity index (χ2v) is 2.31. The molecule has 2 nitrogen and oxygen atoms in total. The molecule has 0 amide bonds. The zero-order valence-electron chi connectivity index (χ0n) is 5.73. The van der Waals surface area contributed by atoms with Gasteiger partial charge < -0.3 is 4.74 Å². The van der Waals surface area contributed by atoms with Crippen LogP contribution in [0, 0.1) is 0 Å². The van der Waals surface area contributed by atoms with Crippen molar-refractivity contribution < 1.29 is 9.53 Å². The fourth-order valence-corrected chi connectivity index (χ4v) is 0.774. The third kappa shape index (κ3) is 1.31. The first-order chi connectivity index (χ1) is 4.20. The van der Waals surface area contributed by atoms with Crippen molar-refractivity contribution >= 4 is 5.97 Å². The average molecular weight is 126 g/mol. The van der Waals surface area contributed by atoms with Crippen LogP contribution in [0.2, 0.25) is 0 Å². The molecule has 0 atom stereocenters. The van der Waals surface area contributed by atoms with Gasteiger partial charge in [-0.2, -0.15) is 0 Å². The van der Waals surface area contributed by atoms with Crippen molar-refractivity contribution in [3.63, 3.8) is 0 Å². The van der Waals surface area contributed by atoms with Crippen molar-refractivity contribution in [1.82, 2.24) is 0 Å². The highest BCUT2D eigenvalue weighted by molar-refractivity contribution is 5.72. The van der Waals surface area contributed by atoms with E-state index < -0.39 is 0 Å². The minimum Gasteiger partial charge on any atom is -0.431 e. The molecule has 0 aromatic carbocycles. The number of hydrogen-bond donors (Lipinski definition) is 0. The average Bonchev–Trinajstić information content (AvgIpc) is 1.80. The second kappa shape index (κ2) is 2.21. The van der Waals surface area contributed by atoms with Crippen molar-refractivity contribution in [1.29, 1.82) is 0 Å². The molecule has 0 unspecified atom stereocenters. The Morgan fingerprint density at radius 2 is 2.00 bits per heavy atom. The van der Waals surface area contributed by atoms with Gasteiger partial charge in [0.1, 0.15) is 5.76 Å². The van der Waals surface area contributed by atoms with Gasteiger partial charge in [-0.1, -0.05) is 0 Å². The summed E-state index contributed by atoms with van der Waals surface area (Å²) in [7, 11) is 0. The highest BCUT2D eigenvalue weighted by Gasteiger charge is 2.12. The van der Waals surface area contributed by atoms with Gasteiger partial charge in [-0.25, -0.2) is 0 Å². The van der Waals surface area contributed by atoms with Crippen LogP contribution >= 0.6 is 0 Å². The Morgan fingerprint density at radius 1 is 1.33 bits per heavy atom. The lowest BCUT2D eigenvalue weighted by Gasteiger charge is -2.13. The predicted octanol–water partition coefficient (Wildman–Crippen LogP) is 1.62. The van der Waals surface area contributed by atoms with E-state index in [1.165, 1.54) is 5.57 Å². The molecule has 9 heavy (non-hydrogen) atoms. The summed E-state index contributed by atoms with van der Waals surface area (Å²) < 4.78 is 4.84. The molecular formula is C7H10O2. The molecule has 0 aromatic rings. The molecule has 0 saturated carbocycles. The number of esters is 1. The van der Waals surface area contributed by atoms with E-state index in [1.807, 2.05) is 13.8 Å². The van der Waals surface area contributed by atoms with Crippen molar-refractivity contribution in [3.8, 4) is 0 Å². The molecular weight excluding hydrogens is 116 g/mol. The van der Waals surface area contributed by atoms with Gasteiger partial charge in [-0.15, -0.1) is 0 Å². The Bertz CT molecular complexity index is 168. The number of ether oxygens (including phenoxy) is 1. The van der Waals surface area contributed by atoms with Crippen molar-refractivity contribution in [2.24, 2.45) is 0 Å². The van der Waals surface area contributed by atoms with E-state index in [4.69, 9.17) is 4.74 Å². The Hall–Kier alpha value is -0.790. The first-order valence-corrected chi connectivity index (χ1v) is 3.07. The Balaban J connectivity index is 2.72. The lowest BCUT2D eigenvalue weighted by atomic mass is 10.1. The predicted molar refractivity (Wildman–Crippen MR) is 33.7 cm³/mol. The van der Waals surface area contributed by atoms with Crippen LogP contribution in [0.5, 0.6) is 0 Å². The SMILES string of the molecule is CC1=C(C)OC(=O)CC1. The van der Waals surface area contributed by atoms with E-state index in [-0.39, 0.29) is 5.97 Å². The summed E-state index contributed by atoms with van der Waals surface area (Å²) in [6, 6.07) is 0. The van der Waals surface area contributed by atoms with Crippen molar-refractivity contribution in [2.75, 3.05) is 0 Å². The van der Waals surface area contributed by atoms with Crippen LogP contribution in [0.3, 0.4) is 0 Å². The van der Waals surface area contributed by atoms with Gasteiger partial charge in [0.05, 0.1) is 0 Å². The fourth-order valence-electron chi connectivity index (χ4n) is 0.774. The molecule has 0 aromatic heterocycles. The molecule has 1 aliphatic heterocycles. The quantitative estimate of drug-likeness (QED) is 0.461. The molecule has 0 bridgehead atoms. The summed E-state index contributed by atoms with van der Waals surface area (Å²) in [4.78, 5) is 10.6. The number of hydrogen-bond acceptors (Lipinski definition) is 2. The maximum Gasteiger partial charge on any atom is 0.311 e. The largest absolute Gasteiger partial charge is 0.431 e. The Labute approximate surface area is 54.5 Å². The minimum absolute atomic E-state index is 0.0990. The van der Waals surface area contributed by atoms with Crippen molar-refractivity contribution in [2.45, 2.75) is 26.7 Å². The van der Waals surface area contributed by atoms with Crippen LogP contribution in [0.4, 0.5) is 0 Å². The first kappa shape index (κ1) is 6.33. The van der Waals surface area contributed by atoms with E-state index in [0.717, 1.165) is 12.2 Å². The van der Waals surface area contributed by atoms with Crippen LogP contribution in [0.15, 0.2) is 11.3 Å². The topological polar surface area (TPSA) is 26.3 Å². The summed E-state index contributed by atoms with van der Waals surface area (Å²) in [5.74, 6) is 0.685. The van der Waals surface area contributed by atoms with Gasteiger partial charge in [-0.3, -0.25) is 4.79 Å². The fraction of sp³-hybridized carbons (Fsp3) is 0.571. The van der Waals surface area contributed by atoms with E-state index in [0.29, 0.717) is 6.42 Å². The van der Waals surface area contributed by atoms with E-state index >= 15 is 0 Å². The van der Waals surface area contributed by atoms with E-state index in [2.05, 4.69) is 0 Å². The zero-order chi connectivity index (χ0) is 6.85. The molecule has 2 heteroatoms. The zero-order valence-corrected chi connectivity index (χ0v) is 5.73. The number of carbonyl (C=O) groups excluding carboxylic acids is 1. The molecule has 50 valence electrons. The maximum absolute atomic E-state index is 10.6. The normalized spacial score (nSPS) is 20.0. The third-order valence-electron chi connectivity index (χ3n) is 1.57. The molecule has 0 radical (unpaired) electrons. The number of carbonyl (C=O) groups is 1. The molecule has 0 spiro atoms. The number of cyclic esters (lactones) is 1. The summed E-state index contributed by atoms with van der Waals surface area (Å²) in [5.41, 5.74) is 1.19. The lowest BCUT2D eigenvalue weighted by molar-refractivity contribution is -0.140. The summed E-state index contributed by atoms with van der Waals surface area (Å²) >= 11 is 0. The van der Waals surface area contributed by atoms with E-state index in [9.17, 15) is 4.79 Å². The lowest BCUT2D eigenvalue weighted by Crippen LogP contribution is -2.09. The molecule has 1 aliphatic rings. The summed E-state index contributed by atoms with van der Waals surface area (Å²) in [5, 5.41) is 0. The molecule has 1 heterocycles. The monoisotopic (exact) mass is 126 g/mol.